The second-order valence-electron chi connectivity index (χ2n) is 29.5. The third-order valence-electron chi connectivity index (χ3n) is 18.9. The first-order chi connectivity index (χ1) is 61.2. The molecule has 126 heavy (non-hydrogen) atoms. The summed E-state index contributed by atoms with van der Waals surface area (Å²) in [6.45, 7) is 18.2. The summed E-state index contributed by atoms with van der Waals surface area (Å²) in [5.41, 5.74) is 7.03. The van der Waals surface area contributed by atoms with Gasteiger partial charge in [0.2, 0.25) is 0 Å². The Labute approximate surface area is 740 Å². The van der Waals surface area contributed by atoms with E-state index >= 15 is 0 Å². The zero-order chi connectivity index (χ0) is 90.4. The van der Waals surface area contributed by atoms with E-state index in [9.17, 15) is 47.9 Å². The van der Waals surface area contributed by atoms with Crippen LogP contribution < -0.4 is 37.9 Å². The van der Waals surface area contributed by atoms with Gasteiger partial charge in [-0.15, -0.1) is 0 Å². The SMILES string of the molecule is C=CC(=O)OCCCCCCOc1ccc(C(=O)Oc2ccc(-c3ccc(OC(C)=O)cc3)cc2)cc1.C=CC(=O)OCCCCCCOc1ccc(C(=O)Oc2ccc(-c3ccc(OC(C)=O)cc3)cc2)cc1.Cc1ccc(OCCCCCCOC(=O)CCCCCOC(=O)CCC(=O)OCCCCCC(=O)OCCCCCCOc2ccc(C)cc2)cc1. The number of carbonyl (C=O) groups is 10. The van der Waals surface area contributed by atoms with Crippen LogP contribution in [0.5, 0.6) is 46.0 Å². The van der Waals surface area contributed by atoms with Gasteiger partial charge in [-0.1, -0.05) is 97.1 Å². The van der Waals surface area contributed by atoms with Crippen LogP contribution in [0.2, 0.25) is 0 Å². The molecule has 0 spiro atoms. The van der Waals surface area contributed by atoms with Gasteiger partial charge in [0, 0.05) is 38.8 Å². The fourth-order valence-corrected chi connectivity index (χ4v) is 12.0. The van der Waals surface area contributed by atoms with E-state index in [4.69, 9.17) is 66.3 Å². The van der Waals surface area contributed by atoms with Crippen LogP contribution in [0.1, 0.15) is 213 Å². The minimum absolute atomic E-state index is 0.0298. The molecule has 674 valence electrons. The van der Waals surface area contributed by atoms with Crippen LogP contribution in [0.3, 0.4) is 0 Å². The van der Waals surface area contributed by atoms with E-state index in [2.05, 4.69) is 13.2 Å². The number of benzene rings is 8. The van der Waals surface area contributed by atoms with Crippen molar-refractivity contribution in [3.05, 3.63) is 242 Å². The first-order valence-corrected chi connectivity index (χ1v) is 43.5. The van der Waals surface area contributed by atoms with E-state index in [1.165, 1.54) is 25.0 Å². The molecule has 8 aromatic carbocycles. The first kappa shape index (κ1) is 102. The maximum Gasteiger partial charge on any atom is 0.343 e. The minimum Gasteiger partial charge on any atom is -0.494 e. The maximum atomic E-state index is 12.5. The normalized spacial score (nSPS) is 10.5. The van der Waals surface area contributed by atoms with Crippen molar-refractivity contribution in [3.8, 4) is 68.2 Å². The monoisotopic (exact) mass is 1730 g/mol. The molecule has 0 saturated carbocycles. The Morgan fingerprint density at radius 3 is 0.683 bits per heavy atom. The smallest absolute Gasteiger partial charge is 0.343 e. The Hall–Kier alpha value is -12.9. The Morgan fingerprint density at radius 2 is 0.437 bits per heavy atom. The van der Waals surface area contributed by atoms with Gasteiger partial charge in [-0.2, -0.15) is 0 Å². The molecule has 0 saturated heterocycles. The van der Waals surface area contributed by atoms with Crippen molar-refractivity contribution in [1.29, 1.82) is 0 Å². The topological polar surface area (TPSA) is 300 Å². The summed E-state index contributed by atoms with van der Waals surface area (Å²) in [5, 5.41) is 0. The van der Waals surface area contributed by atoms with E-state index < -0.39 is 35.8 Å². The van der Waals surface area contributed by atoms with Crippen molar-refractivity contribution < 1.29 is 114 Å². The van der Waals surface area contributed by atoms with E-state index in [1.54, 1.807) is 97.1 Å². The standard InChI is InChI=1S/C42H62O10.2C30H30O7/c1-35-19-23-37(24-20-35)47-29-11-3-5-13-31-49-39(43)17-9-7-15-33-51-41(45)27-28-42(46)52-34-16-8-10-18-40(44)50-32-14-6-4-12-30-48-38-25-21-36(2)22-26-38;2*1-3-29(32)35-21-7-5-4-6-20-34-26-14-12-25(13-15-26)30(33)37-28-18-10-24(11-19-28)23-8-16-27(17-9-23)36-22(2)31/h19-26H,3-18,27-34H2,1-2H3;2*3,8-19H,1,4-7,20-21H2,2H3. The molecule has 0 N–H and O–H groups in total. The minimum atomic E-state index is -0.456. The zero-order valence-electron chi connectivity index (χ0n) is 73.3. The Balaban J connectivity index is 0.000000298. The highest BCUT2D eigenvalue weighted by Gasteiger charge is 2.16. The third-order valence-corrected chi connectivity index (χ3v) is 18.9. The summed E-state index contributed by atoms with van der Waals surface area (Å²) in [7, 11) is 0. The zero-order valence-corrected chi connectivity index (χ0v) is 73.3. The van der Waals surface area contributed by atoms with Crippen molar-refractivity contribution in [3.63, 3.8) is 0 Å². The molecular formula is C102H122O24. The highest BCUT2D eigenvalue weighted by molar-refractivity contribution is 5.92. The Kier molecular flexibility index (Phi) is 50.4. The van der Waals surface area contributed by atoms with Gasteiger partial charge in [-0.3, -0.25) is 28.8 Å². The van der Waals surface area contributed by atoms with Crippen molar-refractivity contribution in [2.45, 2.75) is 195 Å². The third kappa shape index (κ3) is 46.6. The quantitative estimate of drug-likeness (QED) is 0.0112. The average molecular weight is 1730 g/mol. The molecule has 0 fully saturated rings. The number of rotatable bonds is 57. The van der Waals surface area contributed by atoms with Gasteiger partial charge in [-0.05, 0) is 299 Å². The number of hydrogen-bond acceptors (Lipinski definition) is 24. The van der Waals surface area contributed by atoms with Crippen LogP contribution in [0.25, 0.3) is 22.3 Å². The number of aryl methyl sites for hydroxylation is 2. The van der Waals surface area contributed by atoms with Crippen molar-refractivity contribution in [2.75, 3.05) is 66.1 Å². The number of ether oxygens (including phenoxy) is 14. The summed E-state index contributed by atoms with van der Waals surface area (Å²) in [6, 6.07) is 58.4. The lowest BCUT2D eigenvalue weighted by atomic mass is 10.1. The van der Waals surface area contributed by atoms with Gasteiger partial charge in [-0.25, -0.2) is 19.2 Å². The molecule has 24 heteroatoms. The van der Waals surface area contributed by atoms with Crippen LogP contribution in [0.15, 0.2) is 219 Å². The molecule has 0 unspecified atom stereocenters. The summed E-state index contributed by atoms with van der Waals surface area (Å²) in [6.07, 6.45) is 21.9. The van der Waals surface area contributed by atoms with Gasteiger partial charge < -0.3 is 66.3 Å². The lowest BCUT2D eigenvalue weighted by Gasteiger charge is -2.09. The van der Waals surface area contributed by atoms with E-state index in [0.29, 0.717) is 137 Å². The number of carbonyl (C=O) groups excluding carboxylic acids is 10. The predicted octanol–water partition coefficient (Wildman–Crippen LogP) is 21.3. The molecule has 0 aliphatic heterocycles. The summed E-state index contributed by atoms with van der Waals surface area (Å²) in [4.78, 5) is 117. The molecule has 24 nitrogen and oxygen atoms in total. The number of esters is 10. The van der Waals surface area contributed by atoms with Crippen molar-refractivity contribution >= 4 is 59.7 Å². The van der Waals surface area contributed by atoms with Crippen LogP contribution in [-0.4, -0.2) is 126 Å². The van der Waals surface area contributed by atoms with E-state index in [1.807, 2.05) is 111 Å². The molecule has 0 aliphatic rings. The lowest BCUT2D eigenvalue weighted by Crippen LogP contribution is -2.11. The van der Waals surface area contributed by atoms with Gasteiger partial charge in [0.25, 0.3) is 0 Å². The molecule has 0 aromatic heterocycles. The molecule has 0 radical (unpaired) electrons. The first-order valence-electron chi connectivity index (χ1n) is 43.5. The van der Waals surface area contributed by atoms with E-state index in [0.717, 1.165) is 161 Å². The van der Waals surface area contributed by atoms with Crippen molar-refractivity contribution in [2.24, 2.45) is 0 Å². The van der Waals surface area contributed by atoms with Crippen LogP contribution in [-0.2, 0) is 66.8 Å². The van der Waals surface area contributed by atoms with Crippen LogP contribution in [0, 0.1) is 13.8 Å². The van der Waals surface area contributed by atoms with Gasteiger partial charge in [0.15, 0.2) is 0 Å². The van der Waals surface area contributed by atoms with Crippen LogP contribution >= 0.6 is 0 Å². The van der Waals surface area contributed by atoms with Gasteiger partial charge in [0.1, 0.15) is 46.0 Å². The Bertz CT molecular complexity index is 4230. The second kappa shape index (κ2) is 62.3. The summed E-state index contributed by atoms with van der Waals surface area (Å²) >= 11 is 0. The van der Waals surface area contributed by atoms with Gasteiger partial charge >= 0.3 is 59.7 Å². The molecule has 0 atom stereocenters. The number of hydrogen-bond donors (Lipinski definition) is 0. The second-order valence-corrected chi connectivity index (χ2v) is 29.5. The Morgan fingerprint density at radius 1 is 0.230 bits per heavy atom. The molecule has 0 amide bonds. The average Bonchev–Trinajstić information content (AvgIpc) is 0.846. The molecule has 8 aromatic rings. The van der Waals surface area contributed by atoms with Crippen LogP contribution in [0.4, 0.5) is 0 Å². The molecule has 8 rings (SSSR count). The number of unbranched alkanes of at least 4 members (excludes halogenated alkanes) is 16. The van der Waals surface area contributed by atoms with Gasteiger partial charge in [0.05, 0.1) is 90.0 Å². The highest BCUT2D eigenvalue weighted by atomic mass is 16.6. The maximum absolute atomic E-state index is 12.5. The predicted molar refractivity (Wildman–Crippen MR) is 480 cm³/mol. The highest BCUT2D eigenvalue weighted by Crippen LogP contribution is 2.29. The fourth-order valence-electron chi connectivity index (χ4n) is 12.0. The summed E-state index contributed by atoms with van der Waals surface area (Å²) < 4.78 is 74.8. The molecular weight excluding hydrogens is 1610 g/mol. The lowest BCUT2D eigenvalue weighted by molar-refractivity contribution is -0.150. The molecule has 0 bridgehead atoms. The summed E-state index contributed by atoms with van der Waals surface area (Å²) in [5.74, 6) is 1.27. The largest absolute Gasteiger partial charge is 0.494 e. The fraction of sp³-hybridized carbons (Fsp3) is 0.392. The molecule has 0 heterocycles. The molecule has 0 aliphatic carbocycles. The van der Waals surface area contributed by atoms with E-state index in [-0.39, 0.29) is 49.9 Å². The van der Waals surface area contributed by atoms with Crippen molar-refractivity contribution in [1.82, 2.24) is 0 Å².